The largest absolute Gasteiger partial charge is 0.399 e. The second-order valence-electron chi connectivity index (χ2n) is 4.48. The third-order valence-corrected chi connectivity index (χ3v) is 4.82. The molecule has 6 heteroatoms. The molecule has 1 aromatic heterocycles. The SMILES string of the molecule is Cc1csc(SCCC(=O)Nc2ccc(N)cc2C)n1. The van der Waals surface area contributed by atoms with E-state index in [-0.39, 0.29) is 5.91 Å². The van der Waals surface area contributed by atoms with Gasteiger partial charge in [0.2, 0.25) is 5.91 Å². The Bertz CT molecular complexity index is 610. The first-order valence-electron chi connectivity index (χ1n) is 6.25. The molecule has 106 valence electrons. The van der Waals surface area contributed by atoms with Crippen LogP contribution in [0.15, 0.2) is 27.9 Å². The van der Waals surface area contributed by atoms with Crippen LogP contribution in [0.25, 0.3) is 0 Å². The number of hydrogen-bond donors (Lipinski definition) is 2. The summed E-state index contributed by atoms with van der Waals surface area (Å²) in [5.74, 6) is 0.742. The molecule has 0 spiro atoms. The second-order valence-corrected chi connectivity index (χ2v) is 6.68. The normalized spacial score (nSPS) is 10.5. The highest BCUT2D eigenvalue weighted by molar-refractivity contribution is 8.01. The van der Waals surface area contributed by atoms with Crippen LogP contribution in [0.5, 0.6) is 0 Å². The third kappa shape index (κ3) is 4.25. The van der Waals surface area contributed by atoms with Crippen molar-refractivity contribution >= 4 is 40.4 Å². The van der Waals surface area contributed by atoms with Crippen molar-refractivity contribution in [3.63, 3.8) is 0 Å². The van der Waals surface area contributed by atoms with Crippen LogP contribution in [0, 0.1) is 13.8 Å². The molecule has 0 radical (unpaired) electrons. The van der Waals surface area contributed by atoms with Gasteiger partial charge in [-0.3, -0.25) is 4.79 Å². The van der Waals surface area contributed by atoms with Crippen LogP contribution in [0.1, 0.15) is 17.7 Å². The fourth-order valence-corrected chi connectivity index (χ4v) is 3.53. The summed E-state index contributed by atoms with van der Waals surface area (Å²) in [6.07, 6.45) is 0.465. The average Bonchev–Trinajstić information content (AvgIpc) is 2.79. The molecule has 0 aliphatic carbocycles. The zero-order valence-corrected chi connectivity index (χ0v) is 13.1. The molecule has 0 saturated heterocycles. The van der Waals surface area contributed by atoms with Gasteiger partial charge < -0.3 is 11.1 Å². The van der Waals surface area contributed by atoms with Crippen molar-refractivity contribution in [1.29, 1.82) is 0 Å². The number of nitrogen functional groups attached to an aromatic ring is 1. The molecule has 0 aliphatic rings. The number of nitrogens with zero attached hydrogens (tertiary/aromatic N) is 1. The minimum Gasteiger partial charge on any atom is -0.399 e. The van der Waals surface area contributed by atoms with Crippen molar-refractivity contribution in [2.75, 3.05) is 16.8 Å². The van der Waals surface area contributed by atoms with E-state index in [2.05, 4.69) is 10.3 Å². The number of thioether (sulfide) groups is 1. The Balaban J connectivity index is 1.80. The quantitative estimate of drug-likeness (QED) is 0.655. The molecule has 3 N–H and O–H groups in total. The van der Waals surface area contributed by atoms with E-state index in [0.717, 1.165) is 27.0 Å². The van der Waals surface area contributed by atoms with E-state index in [9.17, 15) is 4.79 Å². The molecule has 2 rings (SSSR count). The highest BCUT2D eigenvalue weighted by atomic mass is 32.2. The van der Waals surface area contributed by atoms with Crippen molar-refractivity contribution in [2.45, 2.75) is 24.6 Å². The lowest BCUT2D eigenvalue weighted by atomic mass is 10.2. The molecule has 0 atom stereocenters. The molecular weight excluding hydrogens is 290 g/mol. The fourth-order valence-electron chi connectivity index (χ4n) is 1.67. The standard InChI is InChI=1S/C14H17N3OS2/c1-9-7-11(15)3-4-12(9)17-13(18)5-6-19-14-16-10(2)8-20-14/h3-4,7-8H,5-6,15H2,1-2H3,(H,17,18). The topological polar surface area (TPSA) is 68.0 Å². The maximum atomic E-state index is 11.9. The van der Waals surface area contributed by atoms with Crippen LogP contribution in [-0.4, -0.2) is 16.6 Å². The molecule has 4 nitrogen and oxygen atoms in total. The number of nitrogens with one attached hydrogen (secondary N) is 1. The molecule has 1 heterocycles. The molecule has 1 amide bonds. The van der Waals surface area contributed by atoms with Crippen molar-refractivity contribution < 1.29 is 4.79 Å². The van der Waals surface area contributed by atoms with Crippen LogP contribution < -0.4 is 11.1 Å². The van der Waals surface area contributed by atoms with Gasteiger partial charge in [0.15, 0.2) is 0 Å². The number of carbonyl (C=O) groups excluding carboxylic acids is 1. The molecule has 0 bridgehead atoms. The number of aromatic nitrogens is 1. The highest BCUT2D eigenvalue weighted by Crippen LogP contribution is 2.23. The molecule has 2 aromatic rings. The zero-order valence-electron chi connectivity index (χ0n) is 11.5. The number of benzene rings is 1. The number of aryl methyl sites for hydroxylation is 2. The van der Waals surface area contributed by atoms with Crippen molar-refractivity contribution in [1.82, 2.24) is 4.98 Å². The molecule has 0 fully saturated rings. The predicted octanol–water partition coefficient (Wildman–Crippen LogP) is 3.46. The summed E-state index contributed by atoms with van der Waals surface area (Å²) in [5.41, 5.74) is 9.21. The molecule has 0 saturated carbocycles. The number of nitrogens with two attached hydrogens (primary N) is 1. The zero-order chi connectivity index (χ0) is 14.5. The first kappa shape index (κ1) is 14.9. The number of amides is 1. The van der Waals surface area contributed by atoms with Gasteiger partial charge in [-0.25, -0.2) is 4.98 Å². The maximum Gasteiger partial charge on any atom is 0.225 e. The third-order valence-electron chi connectivity index (χ3n) is 2.68. The first-order chi connectivity index (χ1) is 9.54. The van der Waals surface area contributed by atoms with Crippen LogP contribution in [0.3, 0.4) is 0 Å². The average molecular weight is 307 g/mol. The number of anilines is 2. The Kier molecular flexibility index (Phi) is 5.03. The first-order valence-corrected chi connectivity index (χ1v) is 8.12. The number of rotatable bonds is 5. The summed E-state index contributed by atoms with van der Waals surface area (Å²) < 4.78 is 1.01. The summed E-state index contributed by atoms with van der Waals surface area (Å²) in [7, 11) is 0. The van der Waals surface area contributed by atoms with E-state index < -0.39 is 0 Å². The molecule has 0 unspecified atom stereocenters. The summed E-state index contributed by atoms with van der Waals surface area (Å²) in [6.45, 7) is 3.90. The monoisotopic (exact) mass is 307 g/mol. The number of hydrogen-bond acceptors (Lipinski definition) is 5. The second kappa shape index (κ2) is 6.76. The Morgan fingerprint density at radius 1 is 1.45 bits per heavy atom. The van der Waals surface area contributed by atoms with Crippen molar-refractivity contribution in [3.8, 4) is 0 Å². The minimum atomic E-state index is 0.0126. The lowest BCUT2D eigenvalue weighted by Crippen LogP contribution is -2.13. The minimum absolute atomic E-state index is 0.0126. The predicted molar refractivity (Wildman–Crippen MR) is 86.4 cm³/mol. The van der Waals surface area contributed by atoms with Crippen molar-refractivity contribution in [3.05, 3.63) is 34.8 Å². The Labute approximate surface area is 126 Å². The molecule has 20 heavy (non-hydrogen) atoms. The lowest BCUT2D eigenvalue weighted by molar-refractivity contribution is -0.115. The van der Waals surface area contributed by atoms with Crippen molar-refractivity contribution in [2.24, 2.45) is 0 Å². The summed E-state index contributed by atoms with van der Waals surface area (Å²) in [4.78, 5) is 16.2. The van der Waals surface area contributed by atoms with Gasteiger partial charge in [-0.05, 0) is 37.6 Å². The maximum absolute atomic E-state index is 11.9. The summed E-state index contributed by atoms with van der Waals surface area (Å²) in [6, 6.07) is 5.47. The van der Waals surface area contributed by atoms with E-state index in [0.29, 0.717) is 12.1 Å². The Morgan fingerprint density at radius 3 is 2.90 bits per heavy atom. The number of thiazole rings is 1. The molecule has 1 aromatic carbocycles. The van der Waals surface area contributed by atoms with E-state index in [1.807, 2.05) is 31.4 Å². The molecular formula is C14H17N3OS2. The lowest BCUT2D eigenvalue weighted by Gasteiger charge is -2.08. The van der Waals surface area contributed by atoms with Gasteiger partial charge in [-0.15, -0.1) is 11.3 Å². The van der Waals surface area contributed by atoms with Crippen LogP contribution in [0.4, 0.5) is 11.4 Å². The van der Waals surface area contributed by atoms with Crippen LogP contribution in [0.2, 0.25) is 0 Å². The summed E-state index contributed by atoms with van der Waals surface area (Å²) >= 11 is 3.23. The highest BCUT2D eigenvalue weighted by Gasteiger charge is 2.06. The Morgan fingerprint density at radius 2 is 2.25 bits per heavy atom. The smallest absolute Gasteiger partial charge is 0.225 e. The fraction of sp³-hybridized carbons (Fsp3) is 0.286. The molecule has 0 aliphatic heterocycles. The van der Waals surface area contributed by atoms with Gasteiger partial charge in [0.25, 0.3) is 0 Å². The van der Waals surface area contributed by atoms with Gasteiger partial charge in [0.05, 0.1) is 0 Å². The number of carbonyl (C=O) groups is 1. The van der Waals surface area contributed by atoms with Gasteiger partial charge in [-0.2, -0.15) is 0 Å². The Hall–Kier alpha value is -1.53. The van der Waals surface area contributed by atoms with E-state index in [1.165, 1.54) is 0 Å². The van der Waals surface area contributed by atoms with Gasteiger partial charge in [0.1, 0.15) is 4.34 Å². The van der Waals surface area contributed by atoms with Gasteiger partial charge >= 0.3 is 0 Å². The summed E-state index contributed by atoms with van der Waals surface area (Å²) in [5, 5.41) is 4.92. The van der Waals surface area contributed by atoms with Crippen LogP contribution >= 0.6 is 23.1 Å². The van der Waals surface area contributed by atoms with E-state index in [4.69, 9.17) is 5.73 Å². The van der Waals surface area contributed by atoms with Gasteiger partial charge in [-0.1, -0.05) is 11.8 Å². The van der Waals surface area contributed by atoms with E-state index in [1.54, 1.807) is 29.2 Å². The van der Waals surface area contributed by atoms with E-state index >= 15 is 0 Å². The van der Waals surface area contributed by atoms with Crippen LogP contribution in [-0.2, 0) is 4.79 Å². The van der Waals surface area contributed by atoms with Gasteiger partial charge in [0, 0.05) is 34.6 Å².